The number of fused-ring (bicyclic) bond motifs is 1. The van der Waals surface area contributed by atoms with E-state index in [1.165, 1.54) is 11.1 Å². The highest BCUT2D eigenvalue weighted by Gasteiger charge is 2.19. The van der Waals surface area contributed by atoms with E-state index in [1.54, 1.807) is 18.2 Å². The number of nitrogens with one attached hydrogen (secondary N) is 1. The lowest BCUT2D eigenvalue weighted by molar-refractivity contribution is -0.159. The van der Waals surface area contributed by atoms with Gasteiger partial charge in [0.25, 0.3) is 0 Å². The third-order valence-electron chi connectivity index (χ3n) is 4.71. The van der Waals surface area contributed by atoms with Crippen molar-refractivity contribution in [2.75, 3.05) is 13.1 Å². The molecular formula is C21H24ClNO6. The fourth-order valence-electron chi connectivity index (χ4n) is 3.25. The van der Waals surface area contributed by atoms with Crippen molar-refractivity contribution in [3.63, 3.8) is 0 Å². The van der Waals surface area contributed by atoms with Gasteiger partial charge in [-0.15, -0.1) is 0 Å². The van der Waals surface area contributed by atoms with Crippen molar-refractivity contribution in [3.05, 3.63) is 64.2 Å². The summed E-state index contributed by atoms with van der Waals surface area (Å²) in [6.45, 7) is 1.39. The first-order valence-corrected chi connectivity index (χ1v) is 9.55. The molecule has 0 saturated carbocycles. The molecule has 2 atom stereocenters. The molecule has 1 aliphatic rings. The summed E-state index contributed by atoms with van der Waals surface area (Å²) in [5.74, 6) is -2.77. The molecule has 3 rings (SSSR count). The molecule has 2 unspecified atom stereocenters. The fraction of sp³-hybridized carbons (Fsp3) is 0.333. The van der Waals surface area contributed by atoms with Crippen molar-refractivity contribution < 1.29 is 30.0 Å². The third-order valence-corrected chi connectivity index (χ3v) is 4.94. The molecule has 1 aliphatic carbocycles. The quantitative estimate of drug-likeness (QED) is 0.469. The summed E-state index contributed by atoms with van der Waals surface area (Å²) in [7, 11) is 0. The number of hydrogen-bond donors (Lipinski definition) is 5. The van der Waals surface area contributed by atoms with Crippen molar-refractivity contribution in [1.82, 2.24) is 5.32 Å². The lowest BCUT2D eigenvalue weighted by atomic mass is 9.84. The maximum atomic E-state index is 10.2. The average molecular weight is 422 g/mol. The highest BCUT2D eigenvalue weighted by Crippen LogP contribution is 2.28. The molecule has 5 N–H and O–H groups in total. The van der Waals surface area contributed by atoms with Gasteiger partial charge in [-0.3, -0.25) is 0 Å². The molecule has 7 nitrogen and oxygen atoms in total. The van der Waals surface area contributed by atoms with Crippen LogP contribution in [0.15, 0.2) is 42.5 Å². The number of carboxylic acid groups (broad SMARTS) is 2. The Balaban J connectivity index is 0.000000438. The second kappa shape index (κ2) is 10.8. The van der Waals surface area contributed by atoms with Gasteiger partial charge in [-0.25, -0.2) is 9.59 Å². The summed E-state index contributed by atoms with van der Waals surface area (Å²) < 4.78 is 0. The Morgan fingerprint density at radius 3 is 2.48 bits per heavy atom. The number of aromatic hydroxyl groups is 1. The van der Waals surface area contributed by atoms with E-state index in [1.807, 2.05) is 24.3 Å². The minimum absolute atomic E-state index is 0.341. The molecule has 0 aromatic heterocycles. The smallest absolute Gasteiger partial charge is 0.414 e. The van der Waals surface area contributed by atoms with Gasteiger partial charge in [0.15, 0.2) is 0 Å². The SMILES string of the molecule is O=C(O)C(=O)O.Oc1ccc2c(c1)CC(CNCC(O)c1cccc(Cl)c1)CC2. The first-order valence-electron chi connectivity index (χ1n) is 9.17. The number of phenols is 1. The summed E-state index contributed by atoms with van der Waals surface area (Å²) in [5, 5.41) is 38.6. The van der Waals surface area contributed by atoms with Crippen LogP contribution < -0.4 is 5.32 Å². The number of aryl methyl sites for hydroxylation is 1. The zero-order valence-electron chi connectivity index (χ0n) is 15.7. The molecule has 0 spiro atoms. The zero-order valence-corrected chi connectivity index (χ0v) is 16.5. The van der Waals surface area contributed by atoms with Gasteiger partial charge in [-0.1, -0.05) is 29.8 Å². The van der Waals surface area contributed by atoms with Crippen LogP contribution in [0.1, 0.15) is 29.2 Å². The van der Waals surface area contributed by atoms with Gasteiger partial charge in [-0.05, 0) is 72.7 Å². The van der Waals surface area contributed by atoms with Crippen LogP contribution in [0.2, 0.25) is 5.02 Å². The number of benzene rings is 2. The summed E-state index contributed by atoms with van der Waals surface area (Å²) in [5.41, 5.74) is 3.43. The normalized spacial score (nSPS) is 16.1. The number of aliphatic hydroxyl groups excluding tert-OH is 1. The molecular weight excluding hydrogens is 398 g/mol. The topological polar surface area (TPSA) is 127 Å². The van der Waals surface area contributed by atoms with Crippen LogP contribution in [-0.4, -0.2) is 45.5 Å². The van der Waals surface area contributed by atoms with Crippen LogP contribution in [-0.2, 0) is 22.4 Å². The molecule has 2 aromatic carbocycles. The molecule has 0 amide bonds. The van der Waals surface area contributed by atoms with Crippen LogP contribution in [0.3, 0.4) is 0 Å². The summed E-state index contributed by atoms with van der Waals surface area (Å²) in [6, 6.07) is 13.0. The predicted molar refractivity (Wildman–Crippen MR) is 108 cm³/mol. The molecule has 0 fully saturated rings. The van der Waals surface area contributed by atoms with Crippen LogP contribution in [0, 0.1) is 5.92 Å². The molecule has 0 radical (unpaired) electrons. The van der Waals surface area contributed by atoms with Gasteiger partial charge in [0.2, 0.25) is 0 Å². The number of carbonyl (C=O) groups is 2. The Morgan fingerprint density at radius 1 is 1.10 bits per heavy atom. The van der Waals surface area contributed by atoms with Crippen LogP contribution >= 0.6 is 11.6 Å². The van der Waals surface area contributed by atoms with Crippen molar-refractivity contribution in [1.29, 1.82) is 0 Å². The minimum Gasteiger partial charge on any atom is -0.508 e. The van der Waals surface area contributed by atoms with Crippen LogP contribution in [0.25, 0.3) is 0 Å². The van der Waals surface area contributed by atoms with Crippen molar-refractivity contribution >= 4 is 23.5 Å². The summed E-state index contributed by atoms with van der Waals surface area (Å²) in [6.07, 6.45) is 2.62. The highest BCUT2D eigenvalue weighted by atomic mass is 35.5. The molecule has 0 bridgehead atoms. The van der Waals surface area contributed by atoms with E-state index in [0.29, 0.717) is 23.2 Å². The maximum absolute atomic E-state index is 10.2. The van der Waals surface area contributed by atoms with E-state index in [9.17, 15) is 10.2 Å². The molecule has 156 valence electrons. The summed E-state index contributed by atoms with van der Waals surface area (Å²) >= 11 is 5.95. The second-order valence-electron chi connectivity index (χ2n) is 6.90. The van der Waals surface area contributed by atoms with Gasteiger partial charge in [0.05, 0.1) is 6.10 Å². The Labute approximate surface area is 173 Å². The fourth-order valence-corrected chi connectivity index (χ4v) is 3.45. The van der Waals surface area contributed by atoms with Crippen LogP contribution in [0.5, 0.6) is 5.75 Å². The summed E-state index contributed by atoms with van der Waals surface area (Å²) in [4.78, 5) is 18.2. The molecule has 0 aliphatic heterocycles. The number of hydrogen-bond acceptors (Lipinski definition) is 5. The minimum atomic E-state index is -1.82. The van der Waals surface area contributed by atoms with Gasteiger partial charge in [0.1, 0.15) is 5.75 Å². The standard InChI is InChI=1S/C19H22ClNO2.C2H2O4/c20-17-3-1-2-15(9-17)19(23)12-21-11-13-4-5-14-6-7-18(22)10-16(14)8-13;3-1(4)2(5)6/h1-3,6-7,9-10,13,19,21-23H,4-5,8,11-12H2;(H,3,4)(H,5,6). The Morgan fingerprint density at radius 2 is 1.83 bits per heavy atom. The van der Waals surface area contributed by atoms with Crippen molar-refractivity contribution in [2.45, 2.75) is 25.4 Å². The van der Waals surface area contributed by atoms with Gasteiger partial charge in [0, 0.05) is 11.6 Å². The first-order chi connectivity index (χ1) is 13.8. The number of carboxylic acids is 2. The van der Waals surface area contributed by atoms with E-state index in [4.69, 9.17) is 31.4 Å². The van der Waals surface area contributed by atoms with E-state index in [0.717, 1.165) is 31.4 Å². The van der Waals surface area contributed by atoms with E-state index in [2.05, 4.69) is 5.32 Å². The van der Waals surface area contributed by atoms with Gasteiger partial charge in [-0.2, -0.15) is 0 Å². The number of aliphatic hydroxyl groups is 1. The lowest BCUT2D eigenvalue weighted by Gasteiger charge is -2.25. The van der Waals surface area contributed by atoms with Crippen molar-refractivity contribution in [2.24, 2.45) is 5.92 Å². The third kappa shape index (κ3) is 7.38. The lowest BCUT2D eigenvalue weighted by Crippen LogP contribution is -2.30. The van der Waals surface area contributed by atoms with E-state index < -0.39 is 18.0 Å². The number of rotatable bonds is 5. The number of phenolic OH excluding ortho intramolecular Hbond substituents is 1. The second-order valence-corrected chi connectivity index (χ2v) is 7.34. The van der Waals surface area contributed by atoms with E-state index >= 15 is 0 Å². The monoisotopic (exact) mass is 421 g/mol. The molecule has 8 heteroatoms. The molecule has 0 saturated heterocycles. The van der Waals surface area contributed by atoms with E-state index in [-0.39, 0.29) is 0 Å². The molecule has 2 aromatic rings. The highest BCUT2D eigenvalue weighted by molar-refractivity contribution is 6.30. The zero-order chi connectivity index (χ0) is 21.4. The Bertz CT molecular complexity index is 845. The van der Waals surface area contributed by atoms with Gasteiger partial charge < -0.3 is 25.7 Å². The maximum Gasteiger partial charge on any atom is 0.414 e. The van der Waals surface area contributed by atoms with Crippen LogP contribution in [0.4, 0.5) is 0 Å². The number of halogens is 1. The Hall–Kier alpha value is -2.61. The number of aliphatic carboxylic acids is 2. The van der Waals surface area contributed by atoms with Crippen molar-refractivity contribution in [3.8, 4) is 5.75 Å². The Kier molecular flexibility index (Phi) is 8.45. The average Bonchev–Trinajstić information content (AvgIpc) is 2.68. The largest absolute Gasteiger partial charge is 0.508 e. The molecule has 29 heavy (non-hydrogen) atoms. The molecule has 0 heterocycles. The predicted octanol–water partition coefficient (Wildman–Crippen LogP) is 2.63. The first kappa shape index (κ1) is 22.7. The van der Waals surface area contributed by atoms with Gasteiger partial charge >= 0.3 is 11.9 Å².